The van der Waals surface area contributed by atoms with Gasteiger partial charge in [-0.3, -0.25) is 0 Å². The molecule has 0 aromatic carbocycles. The molecule has 2 bridgehead atoms. The molecule has 3 aliphatic carbocycles. The smallest absolute Gasteiger partial charge is 0.0753 e. The lowest BCUT2D eigenvalue weighted by atomic mass is 9.78. The van der Waals surface area contributed by atoms with Crippen LogP contribution >= 0.6 is 0 Å². The van der Waals surface area contributed by atoms with Crippen molar-refractivity contribution in [2.24, 2.45) is 29.4 Å². The van der Waals surface area contributed by atoms with Crippen LogP contribution in [0, 0.1) is 23.7 Å². The third-order valence-corrected chi connectivity index (χ3v) is 6.36. The predicted molar refractivity (Wildman–Crippen MR) is 83.5 cm³/mol. The van der Waals surface area contributed by atoms with E-state index < -0.39 is 0 Å². The highest BCUT2D eigenvalue weighted by atomic mass is 16.5. The van der Waals surface area contributed by atoms with E-state index in [0.717, 1.165) is 30.3 Å². The van der Waals surface area contributed by atoms with Gasteiger partial charge in [0.2, 0.25) is 0 Å². The molecular weight excluding hydrogens is 246 g/mol. The monoisotopic (exact) mass is 279 g/mol. The number of nitrogens with two attached hydrogens (primary N) is 1. The van der Waals surface area contributed by atoms with E-state index in [1.165, 1.54) is 64.2 Å². The van der Waals surface area contributed by atoms with Crippen LogP contribution < -0.4 is 5.73 Å². The van der Waals surface area contributed by atoms with Crippen molar-refractivity contribution in [3.63, 3.8) is 0 Å². The summed E-state index contributed by atoms with van der Waals surface area (Å²) in [5, 5.41) is 0. The van der Waals surface area contributed by atoms with Crippen molar-refractivity contribution >= 4 is 0 Å². The van der Waals surface area contributed by atoms with Gasteiger partial charge in [-0.25, -0.2) is 0 Å². The second kappa shape index (κ2) is 6.79. The van der Waals surface area contributed by atoms with E-state index in [4.69, 9.17) is 10.5 Å². The van der Waals surface area contributed by atoms with Crippen LogP contribution in [0.25, 0.3) is 0 Å². The Labute approximate surface area is 124 Å². The van der Waals surface area contributed by atoms with Gasteiger partial charge in [0.1, 0.15) is 0 Å². The summed E-state index contributed by atoms with van der Waals surface area (Å²) in [7, 11) is 0. The molecular formula is C18H33NO. The molecule has 2 nitrogen and oxygen atoms in total. The molecule has 0 aromatic heterocycles. The highest BCUT2D eigenvalue weighted by molar-refractivity contribution is 4.93. The lowest BCUT2D eigenvalue weighted by Gasteiger charge is -2.36. The molecule has 3 saturated carbocycles. The van der Waals surface area contributed by atoms with E-state index in [9.17, 15) is 0 Å². The van der Waals surface area contributed by atoms with E-state index >= 15 is 0 Å². The molecule has 0 aromatic rings. The summed E-state index contributed by atoms with van der Waals surface area (Å²) < 4.78 is 6.11. The van der Waals surface area contributed by atoms with Crippen LogP contribution in [0.1, 0.15) is 71.1 Å². The van der Waals surface area contributed by atoms with Crippen LogP contribution in [-0.2, 0) is 4.74 Å². The molecule has 0 aliphatic heterocycles. The van der Waals surface area contributed by atoms with Gasteiger partial charge in [0, 0.05) is 12.6 Å². The molecule has 3 aliphatic rings. The van der Waals surface area contributed by atoms with Crippen molar-refractivity contribution in [3.05, 3.63) is 0 Å². The van der Waals surface area contributed by atoms with E-state index in [-0.39, 0.29) is 6.04 Å². The fourth-order valence-corrected chi connectivity index (χ4v) is 5.41. The third kappa shape index (κ3) is 3.22. The van der Waals surface area contributed by atoms with Crippen molar-refractivity contribution in [1.82, 2.24) is 0 Å². The topological polar surface area (TPSA) is 35.2 Å². The maximum absolute atomic E-state index is 6.62. The summed E-state index contributed by atoms with van der Waals surface area (Å²) in [6.45, 7) is 2.95. The molecule has 0 spiro atoms. The summed E-state index contributed by atoms with van der Waals surface area (Å²) in [5.41, 5.74) is 6.62. The van der Waals surface area contributed by atoms with Crippen molar-refractivity contribution in [1.29, 1.82) is 0 Å². The van der Waals surface area contributed by atoms with Crippen LogP contribution in [0.15, 0.2) is 0 Å². The zero-order valence-electron chi connectivity index (χ0n) is 13.2. The van der Waals surface area contributed by atoms with Crippen LogP contribution in [0.4, 0.5) is 0 Å². The van der Waals surface area contributed by atoms with Gasteiger partial charge in [-0.1, -0.05) is 25.7 Å². The lowest BCUT2D eigenvalue weighted by Crippen LogP contribution is -2.44. The first-order valence-electron chi connectivity index (χ1n) is 9.15. The Bertz CT molecular complexity index is 300. The van der Waals surface area contributed by atoms with Crippen LogP contribution in [0.3, 0.4) is 0 Å². The Morgan fingerprint density at radius 2 is 1.85 bits per heavy atom. The van der Waals surface area contributed by atoms with Crippen molar-refractivity contribution in [2.45, 2.75) is 83.3 Å². The van der Waals surface area contributed by atoms with Gasteiger partial charge in [0.25, 0.3) is 0 Å². The molecule has 0 heterocycles. The molecule has 116 valence electrons. The molecule has 5 unspecified atom stereocenters. The summed E-state index contributed by atoms with van der Waals surface area (Å²) in [6, 6.07) is 0.280. The molecule has 3 fully saturated rings. The summed E-state index contributed by atoms with van der Waals surface area (Å²) in [4.78, 5) is 0. The maximum Gasteiger partial charge on any atom is 0.0753 e. The summed E-state index contributed by atoms with van der Waals surface area (Å²) in [5.74, 6) is 3.68. The largest absolute Gasteiger partial charge is 0.377 e. The zero-order chi connectivity index (χ0) is 13.9. The minimum absolute atomic E-state index is 0.280. The Balaban J connectivity index is 1.55. The minimum atomic E-state index is 0.280. The second-order valence-electron chi connectivity index (χ2n) is 7.65. The molecule has 0 radical (unpaired) electrons. The molecule has 0 amide bonds. The van der Waals surface area contributed by atoms with E-state index in [2.05, 4.69) is 6.92 Å². The van der Waals surface area contributed by atoms with Gasteiger partial charge in [-0.2, -0.15) is 0 Å². The van der Waals surface area contributed by atoms with Crippen LogP contribution in [0.5, 0.6) is 0 Å². The first kappa shape index (κ1) is 14.8. The SMILES string of the molecule is CCOC(C(N)CC1CC2CCC1C2)C1CCCCC1. The van der Waals surface area contributed by atoms with Gasteiger partial charge in [0.05, 0.1) is 6.10 Å². The van der Waals surface area contributed by atoms with Gasteiger partial charge in [-0.05, 0) is 69.1 Å². The fraction of sp³-hybridized carbons (Fsp3) is 1.00. The molecule has 2 heteroatoms. The number of fused-ring (bicyclic) bond motifs is 2. The maximum atomic E-state index is 6.62. The van der Waals surface area contributed by atoms with E-state index in [1.54, 1.807) is 0 Å². The third-order valence-electron chi connectivity index (χ3n) is 6.36. The Morgan fingerprint density at radius 3 is 2.45 bits per heavy atom. The minimum Gasteiger partial charge on any atom is -0.377 e. The van der Waals surface area contributed by atoms with Crippen LogP contribution in [0.2, 0.25) is 0 Å². The average Bonchev–Trinajstić information content (AvgIpc) is 3.08. The van der Waals surface area contributed by atoms with Crippen LogP contribution in [-0.4, -0.2) is 18.8 Å². The highest BCUT2D eigenvalue weighted by Crippen LogP contribution is 2.50. The van der Waals surface area contributed by atoms with Gasteiger partial charge >= 0.3 is 0 Å². The first-order valence-corrected chi connectivity index (χ1v) is 9.15. The molecule has 5 atom stereocenters. The summed E-state index contributed by atoms with van der Waals surface area (Å²) in [6.07, 6.45) is 14.4. The van der Waals surface area contributed by atoms with E-state index in [0.29, 0.717) is 6.10 Å². The highest BCUT2D eigenvalue weighted by Gasteiger charge is 2.41. The average molecular weight is 279 g/mol. The van der Waals surface area contributed by atoms with Crippen molar-refractivity contribution in [2.75, 3.05) is 6.61 Å². The predicted octanol–water partition coefficient (Wildman–Crippen LogP) is 4.13. The Morgan fingerprint density at radius 1 is 1.05 bits per heavy atom. The fourth-order valence-electron chi connectivity index (χ4n) is 5.41. The Kier molecular flexibility index (Phi) is 5.04. The second-order valence-corrected chi connectivity index (χ2v) is 7.65. The lowest BCUT2D eigenvalue weighted by molar-refractivity contribution is -0.0155. The number of hydrogen-bond acceptors (Lipinski definition) is 2. The number of rotatable bonds is 6. The summed E-state index contributed by atoms with van der Waals surface area (Å²) >= 11 is 0. The Hall–Kier alpha value is -0.0800. The standard InChI is InChI=1S/C18H33NO/c1-2-20-18(14-6-4-3-5-7-14)17(19)12-16-11-13-8-9-15(16)10-13/h13-18H,2-12,19H2,1H3. The number of ether oxygens (including phenoxy) is 1. The first-order chi connectivity index (χ1) is 9.78. The van der Waals surface area contributed by atoms with E-state index in [1.807, 2.05) is 0 Å². The van der Waals surface area contributed by atoms with Crippen molar-refractivity contribution < 1.29 is 4.74 Å². The van der Waals surface area contributed by atoms with Gasteiger partial charge in [0.15, 0.2) is 0 Å². The zero-order valence-corrected chi connectivity index (χ0v) is 13.2. The quantitative estimate of drug-likeness (QED) is 0.793. The van der Waals surface area contributed by atoms with Gasteiger partial charge < -0.3 is 10.5 Å². The molecule has 3 rings (SSSR count). The molecule has 20 heavy (non-hydrogen) atoms. The molecule has 0 saturated heterocycles. The number of hydrogen-bond donors (Lipinski definition) is 1. The normalized spacial score (nSPS) is 37.2. The molecule has 2 N–H and O–H groups in total. The van der Waals surface area contributed by atoms with Gasteiger partial charge in [-0.15, -0.1) is 0 Å². The van der Waals surface area contributed by atoms with Crippen molar-refractivity contribution in [3.8, 4) is 0 Å².